The van der Waals surface area contributed by atoms with Gasteiger partial charge >= 0.3 is 0 Å². The first-order chi connectivity index (χ1) is 7.96. The molecule has 1 fully saturated rings. The van der Waals surface area contributed by atoms with E-state index in [1.54, 1.807) is 0 Å². The lowest BCUT2D eigenvalue weighted by Crippen LogP contribution is -2.60. The summed E-state index contributed by atoms with van der Waals surface area (Å²) in [5.41, 5.74) is 2.60. The van der Waals surface area contributed by atoms with Crippen LogP contribution in [0.2, 0.25) is 0 Å². The van der Waals surface area contributed by atoms with Crippen LogP contribution in [0.5, 0.6) is 0 Å². The quantitative estimate of drug-likeness (QED) is 0.846. The summed E-state index contributed by atoms with van der Waals surface area (Å²) >= 11 is 0. The molecule has 2 heterocycles. The topological polar surface area (TPSA) is 28.2 Å². The summed E-state index contributed by atoms with van der Waals surface area (Å²) in [6.45, 7) is 12.0. The van der Waals surface area contributed by atoms with Gasteiger partial charge in [0.2, 0.25) is 0 Å². The van der Waals surface area contributed by atoms with Crippen molar-refractivity contribution in [2.75, 3.05) is 13.1 Å². The molecule has 0 amide bonds. The van der Waals surface area contributed by atoms with Crippen molar-refractivity contribution < 1.29 is 0 Å². The molecule has 3 nitrogen and oxygen atoms in total. The van der Waals surface area contributed by atoms with Crippen molar-refractivity contribution in [1.82, 2.24) is 15.2 Å². The zero-order valence-electron chi connectivity index (χ0n) is 11.3. The fourth-order valence-corrected chi connectivity index (χ4v) is 2.31. The van der Waals surface area contributed by atoms with Crippen molar-refractivity contribution in [3.8, 4) is 0 Å². The van der Waals surface area contributed by atoms with Crippen LogP contribution in [0.15, 0.2) is 18.3 Å². The first kappa shape index (κ1) is 12.5. The average Bonchev–Trinajstić information content (AvgIpc) is 2.26. The molecule has 0 aromatic carbocycles. The van der Waals surface area contributed by atoms with E-state index in [1.807, 2.05) is 13.1 Å². The molecule has 17 heavy (non-hydrogen) atoms. The van der Waals surface area contributed by atoms with E-state index in [-0.39, 0.29) is 5.54 Å². The zero-order chi connectivity index (χ0) is 12.5. The van der Waals surface area contributed by atoms with Crippen LogP contribution in [-0.4, -0.2) is 34.6 Å². The van der Waals surface area contributed by atoms with E-state index < -0.39 is 0 Å². The molecule has 3 heteroatoms. The van der Waals surface area contributed by atoms with Gasteiger partial charge in [0.1, 0.15) is 0 Å². The highest BCUT2D eigenvalue weighted by molar-refractivity contribution is 5.13. The number of nitrogens with zero attached hydrogens (tertiary/aromatic N) is 2. The van der Waals surface area contributed by atoms with E-state index in [4.69, 9.17) is 0 Å². The monoisotopic (exact) mass is 233 g/mol. The molecule has 1 atom stereocenters. The molecule has 1 N–H and O–H groups in total. The first-order valence-electron chi connectivity index (χ1n) is 6.37. The minimum absolute atomic E-state index is 0.213. The van der Waals surface area contributed by atoms with Gasteiger partial charge in [-0.1, -0.05) is 6.07 Å². The second kappa shape index (κ2) is 4.75. The minimum atomic E-state index is 0.213. The Kier molecular flexibility index (Phi) is 3.50. The molecular formula is C14H23N3. The van der Waals surface area contributed by atoms with Crippen LogP contribution >= 0.6 is 0 Å². The molecule has 1 aromatic heterocycles. The van der Waals surface area contributed by atoms with Crippen LogP contribution in [-0.2, 0) is 6.54 Å². The fourth-order valence-electron chi connectivity index (χ4n) is 2.31. The van der Waals surface area contributed by atoms with Gasteiger partial charge in [-0.05, 0) is 39.3 Å². The Morgan fingerprint density at radius 3 is 2.88 bits per heavy atom. The van der Waals surface area contributed by atoms with Gasteiger partial charge in [0.05, 0.1) is 0 Å². The van der Waals surface area contributed by atoms with Crippen LogP contribution in [0.25, 0.3) is 0 Å². The molecule has 0 saturated carbocycles. The number of hydrogen-bond acceptors (Lipinski definition) is 3. The normalized spacial score (nSPS) is 24.8. The van der Waals surface area contributed by atoms with Crippen LogP contribution in [0.4, 0.5) is 0 Å². The van der Waals surface area contributed by atoms with E-state index in [9.17, 15) is 0 Å². The largest absolute Gasteiger partial charge is 0.309 e. The number of aromatic nitrogens is 1. The number of nitrogens with one attached hydrogen (secondary N) is 1. The molecule has 2 rings (SSSR count). The van der Waals surface area contributed by atoms with E-state index >= 15 is 0 Å². The van der Waals surface area contributed by atoms with E-state index in [1.165, 1.54) is 5.56 Å². The number of piperazine rings is 1. The molecule has 94 valence electrons. The Hall–Kier alpha value is -0.930. The lowest BCUT2D eigenvalue weighted by atomic mass is 9.99. The van der Waals surface area contributed by atoms with Gasteiger partial charge in [0.15, 0.2) is 0 Å². The predicted octanol–water partition coefficient (Wildman–Crippen LogP) is 1.96. The summed E-state index contributed by atoms with van der Waals surface area (Å²) in [4.78, 5) is 6.89. The van der Waals surface area contributed by atoms with Gasteiger partial charge in [-0.15, -0.1) is 0 Å². The lowest BCUT2D eigenvalue weighted by Gasteiger charge is -2.43. The molecule has 1 aliphatic rings. The van der Waals surface area contributed by atoms with E-state index in [0.29, 0.717) is 6.04 Å². The third-order valence-electron chi connectivity index (χ3n) is 3.46. The van der Waals surface area contributed by atoms with Gasteiger partial charge in [-0.3, -0.25) is 9.88 Å². The Labute approximate surface area is 104 Å². The summed E-state index contributed by atoms with van der Waals surface area (Å²) in [6.07, 6.45) is 2.00. The second-order valence-corrected chi connectivity index (χ2v) is 5.83. The van der Waals surface area contributed by atoms with E-state index in [2.05, 4.69) is 48.1 Å². The maximum atomic E-state index is 4.36. The van der Waals surface area contributed by atoms with E-state index in [0.717, 1.165) is 25.3 Å². The number of hydrogen-bond donors (Lipinski definition) is 1. The number of pyridine rings is 1. The van der Waals surface area contributed by atoms with Gasteiger partial charge < -0.3 is 5.32 Å². The second-order valence-electron chi connectivity index (χ2n) is 5.83. The first-order valence-corrected chi connectivity index (χ1v) is 6.37. The van der Waals surface area contributed by atoms with Crippen molar-refractivity contribution in [3.05, 3.63) is 29.6 Å². The molecular weight excluding hydrogens is 210 g/mol. The molecule has 0 bridgehead atoms. The Bertz CT molecular complexity index is 370. The highest BCUT2D eigenvalue weighted by Gasteiger charge is 2.29. The fraction of sp³-hybridized carbons (Fsp3) is 0.643. The van der Waals surface area contributed by atoms with Gasteiger partial charge in [0, 0.05) is 43.1 Å². The maximum Gasteiger partial charge on any atom is 0.0372 e. The van der Waals surface area contributed by atoms with Crippen molar-refractivity contribution in [2.45, 2.75) is 45.8 Å². The number of aryl methyl sites for hydroxylation is 1. The summed E-state index contributed by atoms with van der Waals surface area (Å²) < 4.78 is 0. The molecule has 0 radical (unpaired) electrons. The highest BCUT2D eigenvalue weighted by atomic mass is 15.2. The molecule has 1 aromatic rings. The maximum absolute atomic E-state index is 4.36. The van der Waals surface area contributed by atoms with Crippen molar-refractivity contribution >= 4 is 0 Å². The lowest BCUT2D eigenvalue weighted by molar-refractivity contribution is 0.0977. The van der Waals surface area contributed by atoms with Crippen LogP contribution in [0.3, 0.4) is 0 Å². The van der Waals surface area contributed by atoms with Crippen LogP contribution in [0, 0.1) is 6.92 Å². The minimum Gasteiger partial charge on any atom is -0.309 e. The van der Waals surface area contributed by atoms with Gasteiger partial charge in [-0.2, -0.15) is 0 Å². The molecule has 0 spiro atoms. The van der Waals surface area contributed by atoms with Crippen LogP contribution in [0.1, 0.15) is 32.0 Å². The third-order valence-corrected chi connectivity index (χ3v) is 3.46. The zero-order valence-corrected chi connectivity index (χ0v) is 11.3. The van der Waals surface area contributed by atoms with Gasteiger partial charge in [0.25, 0.3) is 0 Å². The molecule has 1 saturated heterocycles. The predicted molar refractivity (Wildman–Crippen MR) is 70.9 cm³/mol. The van der Waals surface area contributed by atoms with Crippen molar-refractivity contribution in [1.29, 1.82) is 0 Å². The van der Waals surface area contributed by atoms with Crippen molar-refractivity contribution in [3.63, 3.8) is 0 Å². The Morgan fingerprint density at radius 1 is 1.47 bits per heavy atom. The summed E-state index contributed by atoms with van der Waals surface area (Å²) in [5, 5.41) is 3.58. The average molecular weight is 233 g/mol. The number of rotatable bonds is 2. The van der Waals surface area contributed by atoms with Crippen LogP contribution < -0.4 is 5.32 Å². The summed E-state index contributed by atoms with van der Waals surface area (Å²) in [5.74, 6) is 0. The smallest absolute Gasteiger partial charge is 0.0372 e. The van der Waals surface area contributed by atoms with Crippen molar-refractivity contribution in [2.24, 2.45) is 0 Å². The van der Waals surface area contributed by atoms with Gasteiger partial charge in [-0.25, -0.2) is 0 Å². The standard InChI is InChI=1S/C14H23N3/c1-11-5-6-13(8-15-11)9-17-10-14(3,4)16-7-12(17)2/h5-6,8,12,16H,7,9-10H2,1-4H3. The molecule has 1 aliphatic heterocycles. The summed E-state index contributed by atoms with van der Waals surface area (Å²) in [7, 11) is 0. The molecule has 0 aliphatic carbocycles. The Morgan fingerprint density at radius 2 is 2.24 bits per heavy atom. The SMILES string of the molecule is Cc1ccc(CN2CC(C)(C)NCC2C)cn1. The summed E-state index contributed by atoms with van der Waals surface area (Å²) in [6, 6.07) is 4.86. The Balaban J connectivity index is 2.04. The third kappa shape index (κ3) is 3.27. The highest BCUT2D eigenvalue weighted by Crippen LogP contribution is 2.17. The molecule has 1 unspecified atom stereocenters.